The van der Waals surface area contributed by atoms with Gasteiger partial charge in [0.2, 0.25) is 0 Å². The first-order valence-electron chi connectivity index (χ1n) is 10.3. The van der Waals surface area contributed by atoms with E-state index in [4.69, 9.17) is 22.1 Å². The zero-order valence-corrected chi connectivity index (χ0v) is 17.1. The molecule has 0 heterocycles. The third-order valence-electron chi connectivity index (χ3n) is 6.96. The van der Waals surface area contributed by atoms with Crippen molar-refractivity contribution in [3.05, 3.63) is 34.9 Å². The van der Waals surface area contributed by atoms with Crippen LogP contribution in [0.3, 0.4) is 0 Å². The number of carbonyl (C=O) groups is 3. The first-order chi connectivity index (χ1) is 13.8. The van der Waals surface area contributed by atoms with E-state index >= 15 is 0 Å². The summed E-state index contributed by atoms with van der Waals surface area (Å²) in [6.07, 6.45) is 6.46. The third-order valence-corrected chi connectivity index (χ3v) is 7.31. The van der Waals surface area contributed by atoms with Crippen LogP contribution in [0.2, 0.25) is 5.02 Å². The molecular weight excluding hydrogens is 392 g/mol. The van der Waals surface area contributed by atoms with E-state index in [0.717, 1.165) is 19.3 Å². The molecule has 4 bridgehead atoms. The van der Waals surface area contributed by atoms with Crippen LogP contribution >= 0.6 is 11.6 Å². The van der Waals surface area contributed by atoms with Gasteiger partial charge in [-0.2, -0.15) is 0 Å². The molecule has 0 aliphatic heterocycles. The smallest absolute Gasteiger partial charge is 0.312 e. The number of nitrogens with one attached hydrogen (secondary N) is 1. The Bertz CT molecular complexity index is 790. The normalized spacial score (nSPS) is 30.6. The predicted octanol–water partition coefficient (Wildman–Crippen LogP) is 3.77. The Morgan fingerprint density at radius 1 is 1.10 bits per heavy atom. The minimum atomic E-state index is -0.757. The predicted molar refractivity (Wildman–Crippen MR) is 108 cm³/mol. The van der Waals surface area contributed by atoms with Gasteiger partial charge in [0.1, 0.15) is 0 Å². The molecule has 3 N–H and O–H groups in total. The Balaban J connectivity index is 1.37. The lowest BCUT2D eigenvalue weighted by Crippen LogP contribution is -2.51. The quantitative estimate of drug-likeness (QED) is 0.658. The van der Waals surface area contributed by atoms with Crippen LogP contribution in [0, 0.1) is 23.2 Å². The molecule has 0 radical (unpaired) electrons. The minimum absolute atomic E-state index is 0.0575. The molecule has 5 rings (SSSR count). The van der Waals surface area contributed by atoms with Gasteiger partial charge in [-0.1, -0.05) is 29.8 Å². The highest BCUT2D eigenvalue weighted by molar-refractivity contribution is 6.31. The maximum absolute atomic E-state index is 13.0. The molecule has 4 fully saturated rings. The van der Waals surface area contributed by atoms with Gasteiger partial charge in [-0.15, -0.1) is 0 Å². The van der Waals surface area contributed by atoms with Gasteiger partial charge in [0.15, 0.2) is 12.4 Å². The number of halogens is 1. The summed E-state index contributed by atoms with van der Waals surface area (Å²) in [7, 11) is 0. The van der Waals surface area contributed by atoms with Crippen LogP contribution < -0.4 is 11.1 Å². The van der Waals surface area contributed by atoms with Crippen LogP contribution in [0.1, 0.15) is 56.6 Å². The summed E-state index contributed by atoms with van der Waals surface area (Å²) in [5.74, 6) is 1.48. The van der Waals surface area contributed by atoms with Gasteiger partial charge >= 0.3 is 12.0 Å². The van der Waals surface area contributed by atoms with Gasteiger partial charge in [-0.3, -0.25) is 9.59 Å². The molecule has 0 aromatic heterocycles. The van der Waals surface area contributed by atoms with E-state index in [2.05, 4.69) is 5.32 Å². The van der Waals surface area contributed by atoms with Crippen molar-refractivity contribution in [1.29, 1.82) is 0 Å². The second-order valence-electron chi connectivity index (χ2n) is 9.07. The topological polar surface area (TPSA) is 98.5 Å². The molecule has 2 amide bonds. The lowest BCUT2D eigenvalue weighted by atomic mass is 9.48. The molecule has 0 spiro atoms. The van der Waals surface area contributed by atoms with E-state index in [9.17, 15) is 14.4 Å². The Morgan fingerprint density at radius 2 is 1.69 bits per heavy atom. The maximum Gasteiger partial charge on any atom is 0.312 e. The molecule has 4 aliphatic carbocycles. The van der Waals surface area contributed by atoms with Crippen LogP contribution in [0.25, 0.3) is 0 Å². The zero-order valence-electron chi connectivity index (χ0n) is 16.4. The van der Waals surface area contributed by atoms with Crippen LogP contribution in [-0.2, 0) is 14.3 Å². The number of ether oxygens (including phenoxy) is 1. The first kappa shape index (κ1) is 20.2. The van der Waals surface area contributed by atoms with E-state index < -0.39 is 18.0 Å². The number of Topliss-reactive ketones (excluding diaryl/α,β-unsaturated/α-hetero) is 1. The summed E-state index contributed by atoms with van der Waals surface area (Å²) >= 11 is 6.19. The van der Waals surface area contributed by atoms with Gasteiger partial charge < -0.3 is 15.8 Å². The molecule has 4 aliphatic rings. The monoisotopic (exact) mass is 418 g/mol. The van der Waals surface area contributed by atoms with Crippen molar-refractivity contribution in [2.24, 2.45) is 28.9 Å². The molecule has 1 aromatic carbocycles. The molecule has 1 aromatic rings. The summed E-state index contributed by atoms with van der Waals surface area (Å²) in [5, 5.41) is 2.95. The maximum atomic E-state index is 13.0. The number of urea groups is 1. The second-order valence-corrected chi connectivity index (χ2v) is 9.48. The van der Waals surface area contributed by atoms with Crippen LogP contribution in [0.15, 0.2) is 24.3 Å². The fraction of sp³-hybridized carbons (Fsp3) is 0.591. The number of esters is 1. The average molecular weight is 419 g/mol. The highest BCUT2D eigenvalue weighted by Gasteiger charge is 2.54. The van der Waals surface area contributed by atoms with Crippen LogP contribution in [0.4, 0.5) is 4.79 Å². The highest BCUT2D eigenvalue weighted by atomic mass is 35.5. The molecule has 4 saturated carbocycles. The van der Waals surface area contributed by atoms with Crippen LogP contribution in [0.5, 0.6) is 0 Å². The van der Waals surface area contributed by atoms with Crippen molar-refractivity contribution in [2.45, 2.75) is 51.0 Å². The van der Waals surface area contributed by atoms with E-state index in [-0.39, 0.29) is 24.2 Å². The standard InChI is InChI=1S/C22H27ClN2O4/c23-17-4-2-1-3-16(17)18(25-21(24)28)8-20(27)29-12-19(26)22-9-13-5-14(10-22)7-15(6-13)11-22/h1-4,13-15,18H,5-12H2,(H3,24,25,28)/t13?,14?,15?,18-,22?/m0/s1. The summed E-state index contributed by atoms with van der Waals surface area (Å²) in [6, 6.07) is 5.45. The van der Waals surface area contributed by atoms with E-state index in [1.807, 2.05) is 0 Å². The number of nitrogens with two attached hydrogens (primary N) is 1. The fourth-order valence-electron chi connectivity index (χ4n) is 6.15. The van der Waals surface area contributed by atoms with E-state index in [1.165, 1.54) is 19.3 Å². The molecule has 0 unspecified atom stereocenters. The summed E-state index contributed by atoms with van der Waals surface area (Å²) in [5.41, 5.74) is 5.54. The van der Waals surface area contributed by atoms with Crippen molar-refractivity contribution in [1.82, 2.24) is 5.32 Å². The number of ketones is 1. The highest BCUT2D eigenvalue weighted by Crippen LogP contribution is 2.60. The number of rotatable bonds is 7. The molecule has 156 valence electrons. The number of benzene rings is 1. The number of hydrogen-bond acceptors (Lipinski definition) is 4. The Hall–Kier alpha value is -2.08. The van der Waals surface area contributed by atoms with Crippen molar-refractivity contribution in [2.75, 3.05) is 6.61 Å². The molecule has 7 heteroatoms. The largest absolute Gasteiger partial charge is 0.458 e. The van der Waals surface area contributed by atoms with E-state index in [0.29, 0.717) is 28.3 Å². The Morgan fingerprint density at radius 3 is 2.24 bits per heavy atom. The van der Waals surface area contributed by atoms with Gasteiger partial charge in [0.05, 0.1) is 12.5 Å². The van der Waals surface area contributed by atoms with Crippen molar-refractivity contribution in [3.8, 4) is 0 Å². The molecule has 0 saturated heterocycles. The Labute approximate surface area is 175 Å². The number of amides is 2. The summed E-state index contributed by atoms with van der Waals surface area (Å²) in [4.78, 5) is 36.8. The van der Waals surface area contributed by atoms with Gasteiger partial charge in [-0.25, -0.2) is 4.79 Å². The number of carbonyl (C=O) groups excluding carboxylic acids is 3. The average Bonchev–Trinajstić information content (AvgIpc) is 2.64. The van der Waals surface area contributed by atoms with Gasteiger partial charge in [0.25, 0.3) is 0 Å². The number of hydrogen-bond donors (Lipinski definition) is 2. The third kappa shape index (κ3) is 4.27. The van der Waals surface area contributed by atoms with Gasteiger partial charge in [-0.05, 0) is 67.9 Å². The van der Waals surface area contributed by atoms with E-state index in [1.54, 1.807) is 24.3 Å². The minimum Gasteiger partial charge on any atom is -0.458 e. The molecule has 1 atom stereocenters. The van der Waals surface area contributed by atoms with Crippen molar-refractivity contribution >= 4 is 29.4 Å². The van der Waals surface area contributed by atoms with Gasteiger partial charge in [0, 0.05) is 10.4 Å². The first-order valence-corrected chi connectivity index (χ1v) is 10.7. The van der Waals surface area contributed by atoms with Crippen LogP contribution in [-0.4, -0.2) is 24.4 Å². The summed E-state index contributed by atoms with van der Waals surface area (Å²) < 4.78 is 5.34. The van der Waals surface area contributed by atoms with Crippen molar-refractivity contribution < 1.29 is 19.1 Å². The second kappa shape index (κ2) is 7.98. The summed E-state index contributed by atoms with van der Waals surface area (Å²) in [6.45, 7) is -0.198. The number of primary amides is 1. The SMILES string of the molecule is NC(=O)N[C@@H](CC(=O)OCC(=O)C12CC3CC(CC(C3)C1)C2)c1ccccc1Cl. The fourth-order valence-corrected chi connectivity index (χ4v) is 6.41. The van der Waals surface area contributed by atoms with Crippen molar-refractivity contribution in [3.63, 3.8) is 0 Å². The lowest BCUT2D eigenvalue weighted by Gasteiger charge is -2.55. The zero-order chi connectivity index (χ0) is 20.6. The molecule has 6 nitrogen and oxygen atoms in total. The lowest BCUT2D eigenvalue weighted by molar-refractivity contribution is -0.158. The molecule has 29 heavy (non-hydrogen) atoms. The Kier molecular flexibility index (Phi) is 5.56. The molecular formula is C22H27ClN2O4.